The van der Waals surface area contributed by atoms with Crippen molar-refractivity contribution >= 4 is 44.8 Å². The Morgan fingerprint density at radius 3 is 2.28 bits per heavy atom. The van der Waals surface area contributed by atoms with Gasteiger partial charge in [0.1, 0.15) is 0 Å². The smallest absolute Gasteiger partial charge is 0.251 e. The molecule has 3 aromatic carbocycles. The maximum atomic E-state index is 12.5. The highest BCUT2D eigenvalue weighted by atomic mass is 35.5. The zero-order valence-corrected chi connectivity index (χ0v) is 20.1. The molecular weight excluding hydrogens is 467 g/mol. The van der Waals surface area contributed by atoms with Gasteiger partial charge < -0.3 is 5.32 Å². The summed E-state index contributed by atoms with van der Waals surface area (Å²) < 4.78 is 26.0. The molecule has 1 atom stereocenters. The van der Waals surface area contributed by atoms with Crippen LogP contribution in [0.4, 0.5) is 5.69 Å². The molecule has 0 heterocycles. The van der Waals surface area contributed by atoms with Crippen LogP contribution in [0.1, 0.15) is 34.3 Å². The van der Waals surface area contributed by atoms with Gasteiger partial charge in [0.05, 0.1) is 23.5 Å². The lowest BCUT2D eigenvalue weighted by Crippen LogP contribution is -2.30. The van der Waals surface area contributed by atoms with Crippen molar-refractivity contribution in [3.8, 4) is 0 Å². The summed E-state index contributed by atoms with van der Waals surface area (Å²) >= 11 is 12.3. The maximum Gasteiger partial charge on any atom is 0.251 e. The molecule has 0 saturated carbocycles. The second-order valence-electron chi connectivity index (χ2n) is 7.58. The zero-order valence-electron chi connectivity index (χ0n) is 17.8. The number of sulfonamides is 1. The van der Waals surface area contributed by atoms with Gasteiger partial charge in [0.15, 0.2) is 0 Å². The average Bonchev–Trinajstić information content (AvgIpc) is 2.77. The highest BCUT2D eigenvalue weighted by Crippen LogP contribution is 2.31. The molecule has 1 N–H and O–H groups in total. The van der Waals surface area contributed by atoms with Gasteiger partial charge >= 0.3 is 0 Å². The molecule has 0 spiro atoms. The molecule has 0 aliphatic rings. The van der Waals surface area contributed by atoms with Gasteiger partial charge in [-0.25, -0.2) is 8.42 Å². The van der Waals surface area contributed by atoms with Gasteiger partial charge in [0, 0.05) is 17.1 Å². The normalized spacial score (nSPS) is 12.2. The lowest BCUT2D eigenvalue weighted by atomic mass is 10.0. The van der Waals surface area contributed by atoms with Crippen molar-refractivity contribution in [1.29, 1.82) is 0 Å². The van der Waals surface area contributed by atoms with E-state index in [1.807, 2.05) is 30.3 Å². The van der Waals surface area contributed by atoms with Crippen LogP contribution in [0.15, 0.2) is 72.8 Å². The third-order valence-electron chi connectivity index (χ3n) is 5.06. The standard InChI is InChI=1S/C24H24Cl2N2O3S/c1-17(19-6-4-3-5-7-19)15-27-24(29)20-10-8-18(9-11-20)16-28(32(2,30)31)23-14-21(25)12-13-22(23)26/h3-14,17H,15-16H2,1-2H3,(H,27,29)/t17-/m0/s1. The quantitative estimate of drug-likeness (QED) is 0.453. The Kier molecular flexibility index (Phi) is 7.82. The number of carbonyl (C=O) groups is 1. The monoisotopic (exact) mass is 490 g/mol. The fourth-order valence-corrected chi connectivity index (χ4v) is 4.56. The third-order valence-corrected chi connectivity index (χ3v) is 6.74. The Labute approximate surface area is 199 Å². The van der Waals surface area contributed by atoms with E-state index in [2.05, 4.69) is 12.2 Å². The van der Waals surface area contributed by atoms with Gasteiger partial charge in [-0.05, 0) is 47.4 Å². The van der Waals surface area contributed by atoms with Crippen LogP contribution in [0.2, 0.25) is 10.0 Å². The van der Waals surface area contributed by atoms with Gasteiger partial charge in [0.2, 0.25) is 10.0 Å². The summed E-state index contributed by atoms with van der Waals surface area (Å²) in [5.41, 5.74) is 2.67. The van der Waals surface area contributed by atoms with Crippen molar-refractivity contribution in [3.05, 3.63) is 99.5 Å². The maximum absolute atomic E-state index is 12.5. The first-order chi connectivity index (χ1) is 15.1. The van der Waals surface area contributed by atoms with E-state index in [0.29, 0.717) is 28.4 Å². The number of halogens is 2. The van der Waals surface area contributed by atoms with Crippen molar-refractivity contribution < 1.29 is 13.2 Å². The SMILES string of the molecule is C[C@@H](CNC(=O)c1ccc(CN(c2cc(Cl)ccc2Cl)S(C)(=O)=O)cc1)c1ccccc1. The summed E-state index contributed by atoms with van der Waals surface area (Å²) in [4.78, 5) is 12.5. The molecule has 0 aliphatic carbocycles. The van der Waals surface area contributed by atoms with E-state index in [4.69, 9.17) is 23.2 Å². The van der Waals surface area contributed by atoms with Crippen LogP contribution < -0.4 is 9.62 Å². The first-order valence-electron chi connectivity index (χ1n) is 10.00. The summed E-state index contributed by atoms with van der Waals surface area (Å²) in [5.74, 6) is 0.00220. The van der Waals surface area contributed by atoms with Crippen LogP contribution in [0.3, 0.4) is 0 Å². The molecule has 0 saturated heterocycles. The molecule has 3 aromatic rings. The molecule has 0 aliphatic heterocycles. The second kappa shape index (κ2) is 10.4. The molecule has 8 heteroatoms. The predicted molar refractivity (Wildman–Crippen MR) is 131 cm³/mol. The van der Waals surface area contributed by atoms with E-state index in [1.54, 1.807) is 36.4 Å². The van der Waals surface area contributed by atoms with Crippen molar-refractivity contribution in [2.75, 3.05) is 17.1 Å². The molecule has 0 bridgehead atoms. The number of hydrogen-bond donors (Lipinski definition) is 1. The van der Waals surface area contributed by atoms with Crippen LogP contribution in [0.25, 0.3) is 0 Å². The Morgan fingerprint density at radius 2 is 1.66 bits per heavy atom. The van der Waals surface area contributed by atoms with Crippen molar-refractivity contribution in [1.82, 2.24) is 5.32 Å². The third kappa shape index (κ3) is 6.25. The minimum absolute atomic E-state index is 0.0613. The van der Waals surface area contributed by atoms with Gasteiger partial charge in [-0.1, -0.05) is 72.6 Å². The Hall–Kier alpha value is -2.54. The van der Waals surface area contributed by atoms with Crippen LogP contribution in [-0.2, 0) is 16.6 Å². The second-order valence-corrected chi connectivity index (χ2v) is 10.3. The van der Waals surface area contributed by atoms with Crippen molar-refractivity contribution in [3.63, 3.8) is 0 Å². The number of hydrogen-bond acceptors (Lipinski definition) is 3. The van der Waals surface area contributed by atoms with Gasteiger partial charge in [0.25, 0.3) is 5.91 Å². The predicted octanol–water partition coefficient (Wildman–Crippen LogP) is 5.49. The number of benzene rings is 3. The van der Waals surface area contributed by atoms with Gasteiger partial charge in [-0.3, -0.25) is 9.10 Å². The topological polar surface area (TPSA) is 66.5 Å². The first kappa shape index (κ1) is 24.1. The lowest BCUT2D eigenvalue weighted by Gasteiger charge is -2.24. The summed E-state index contributed by atoms with van der Waals surface area (Å²) in [7, 11) is -3.62. The number of nitrogens with zero attached hydrogens (tertiary/aromatic N) is 1. The molecule has 0 radical (unpaired) electrons. The fraction of sp³-hybridized carbons (Fsp3) is 0.208. The summed E-state index contributed by atoms with van der Waals surface area (Å²) in [6.07, 6.45) is 1.11. The van der Waals surface area contributed by atoms with Crippen molar-refractivity contribution in [2.24, 2.45) is 0 Å². The van der Waals surface area contributed by atoms with Gasteiger partial charge in [-0.2, -0.15) is 0 Å². The van der Waals surface area contributed by atoms with Gasteiger partial charge in [-0.15, -0.1) is 0 Å². The molecule has 3 rings (SSSR count). The molecule has 0 unspecified atom stereocenters. The van der Waals surface area contributed by atoms with E-state index in [-0.39, 0.29) is 23.4 Å². The van der Waals surface area contributed by atoms with E-state index in [9.17, 15) is 13.2 Å². The largest absolute Gasteiger partial charge is 0.351 e. The number of carbonyl (C=O) groups excluding carboxylic acids is 1. The minimum atomic E-state index is -3.62. The molecular formula is C24H24Cl2N2O3S. The van der Waals surface area contributed by atoms with Crippen LogP contribution >= 0.6 is 23.2 Å². The molecule has 32 heavy (non-hydrogen) atoms. The summed E-state index contributed by atoms with van der Waals surface area (Å²) in [6.45, 7) is 2.63. The first-order valence-corrected chi connectivity index (χ1v) is 12.6. The van der Waals surface area contributed by atoms with E-state index < -0.39 is 10.0 Å². The Morgan fingerprint density at radius 1 is 1.00 bits per heavy atom. The summed E-state index contributed by atoms with van der Waals surface area (Å²) in [6, 6.07) is 21.5. The van der Waals surface area contributed by atoms with Crippen LogP contribution in [0.5, 0.6) is 0 Å². The van der Waals surface area contributed by atoms with E-state index in [0.717, 1.165) is 11.8 Å². The lowest BCUT2D eigenvalue weighted by molar-refractivity contribution is 0.0951. The highest BCUT2D eigenvalue weighted by Gasteiger charge is 2.21. The molecule has 5 nitrogen and oxygen atoms in total. The Bertz CT molecular complexity index is 1180. The van der Waals surface area contributed by atoms with Crippen LogP contribution in [-0.4, -0.2) is 27.1 Å². The van der Waals surface area contributed by atoms with E-state index >= 15 is 0 Å². The molecule has 0 aromatic heterocycles. The zero-order chi connectivity index (χ0) is 23.3. The fourth-order valence-electron chi connectivity index (χ4n) is 3.23. The van der Waals surface area contributed by atoms with Crippen LogP contribution in [0, 0.1) is 0 Å². The minimum Gasteiger partial charge on any atom is -0.351 e. The number of nitrogens with one attached hydrogen (secondary N) is 1. The highest BCUT2D eigenvalue weighted by molar-refractivity contribution is 7.92. The Balaban J connectivity index is 1.70. The number of anilines is 1. The van der Waals surface area contributed by atoms with Crippen molar-refractivity contribution in [2.45, 2.75) is 19.4 Å². The summed E-state index contributed by atoms with van der Waals surface area (Å²) in [5, 5.41) is 3.61. The average molecular weight is 491 g/mol. The molecule has 0 fully saturated rings. The number of amides is 1. The molecule has 168 valence electrons. The number of rotatable bonds is 8. The van der Waals surface area contributed by atoms with E-state index in [1.165, 1.54) is 10.4 Å². The molecule has 1 amide bonds.